The van der Waals surface area contributed by atoms with Gasteiger partial charge in [-0.05, 0) is 23.3 Å². The number of pyridine rings is 1. The maximum Gasteiger partial charge on any atom is 0.356 e. The summed E-state index contributed by atoms with van der Waals surface area (Å²) in [5, 5.41) is 9.12. The Kier molecular flexibility index (Phi) is 3.69. The number of nitrogen functional groups attached to an aromatic ring is 1. The minimum absolute atomic E-state index is 0.0831. The van der Waals surface area contributed by atoms with Gasteiger partial charge in [-0.2, -0.15) is 0 Å². The first-order valence-electron chi connectivity index (χ1n) is 5.51. The van der Waals surface area contributed by atoms with E-state index in [-0.39, 0.29) is 16.5 Å². The second-order valence-electron chi connectivity index (χ2n) is 3.96. The summed E-state index contributed by atoms with van der Waals surface area (Å²) < 4.78 is 0. The molecular formula is C13H12ClN3O2. The van der Waals surface area contributed by atoms with Crippen LogP contribution in [-0.2, 0) is 6.54 Å². The van der Waals surface area contributed by atoms with Crippen molar-refractivity contribution in [1.82, 2.24) is 4.98 Å². The van der Waals surface area contributed by atoms with Gasteiger partial charge in [-0.1, -0.05) is 29.8 Å². The van der Waals surface area contributed by atoms with Gasteiger partial charge in [0.25, 0.3) is 0 Å². The van der Waals surface area contributed by atoms with Crippen LogP contribution in [0.4, 0.5) is 5.69 Å². The third-order valence-corrected chi connectivity index (χ3v) is 2.90. The fourth-order valence-corrected chi connectivity index (χ4v) is 1.99. The molecule has 0 radical (unpaired) electrons. The number of aromatic nitrogens is 1. The second-order valence-corrected chi connectivity index (χ2v) is 4.35. The van der Waals surface area contributed by atoms with Crippen molar-refractivity contribution in [3.05, 3.63) is 46.7 Å². The molecule has 1 aromatic carbocycles. The number of nitrogens with zero attached hydrogens (tertiary/aromatic N) is 1. The van der Waals surface area contributed by atoms with Gasteiger partial charge in [-0.15, -0.1) is 0 Å². The van der Waals surface area contributed by atoms with Crippen LogP contribution in [0.5, 0.6) is 0 Å². The van der Waals surface area contributed by atoms with E-state index < -0.39 is 5.97 Å². The fourth-order valence-electron chi connectivity index (χ4n) is 1.79. The molecule has 2 aromatic rings. The highest BCUT2D eigenvalue weighted by molar-refractivity contribution is 6.30. The molecule has 0 aliphatic carbocycles. The van der Waals surface area contributed by atoms with E-state index in [1.54, 1.807) is 6.07 Å². The van der Waals surface area contributed by atoms with E-state index in [4.69, 9.17) is 28.2 Å². The third kappa shape index (κ3) is 2.67. The molecule has 5 nitrogen and oxygen atoms in total. The number of carboxylic acids is 1. The number of hydrogen-bond donors (Lipinski definition) is 3. The number of nitrogens with two attached hydrogens (primary N) is 2. The highest BCUT2D eigenvalue weighted by Crippen LogP contribution is 2.30. The van der Waals surface area contributed by atoms with Crippen LogP contribution in [0, 0.1) is 0 Å². The molecule has 0 saturated heterocycles. The molecule has 1 aromatic heterocycles. The lowest BCUT2D eigenvalue weighted by atomic mass is 10.0. The Balaban J connectivity index is 2.64. The van der Waals surface area contributed by atoms with Gasteiger partial charge in [0.1, 0.15) is 5.15 Å². The minimum atomic E-state index is -1.21. The van der Waals surface area contributed by atoms with Gasteiger partial charge in [-0.25, -0.2) is 9.78 Å². The average molecular weight is 278 g/mol. The summed E-state index contributed by atoms with van der Waals surface area (Å²) in [5.41, 5.74) is 13.5. The number of rotatable bonds is 3. The predicted octanol–water partition coefficient (Wildman–Crippen LogP) is 2.14. The fraction of sp³-hybridized carbons (Fsp3) is 0.0769. The van der Waals surface area contributed by atoms with Crippen molar-refractivity contribution in [3.8, 4) is 11.1 Å². The summed E-state index contributed by atoms with van der Waals surface area (Å²) in [6.45, 7) is 0.387. The molecule has 0 atom stereocenters. The zero-order valence-corrected chi connectivity index (χ0v) is 10.7. The monoisotopic (exact) mass is 277 g/mol. The first-order chi connectivity index (χ1) is 9.02. The Morgan fingerprint density at radius 3 is 2.74 bits per heavy atom. The number of aromatic carboxylic acids is 1. The van der Waals surface area contributed by atoms with Gasteiger partial charge >= 0.3 is 5.97 Å². The lowest BCUT2D eigenvalue weighted by Gasteiger charge is -2.10. The van der Waals surface area contributed by atoms with Crippen molar-refractivity contribution in [1.29, 1.82) is 0 Å². The van der Waals surface area contributed by atoms with Crippen LogP contribution in [0.3, 0.4) is 0 Å². The highest BCUT2D eigenvalue weighted by atomic mass is 35.5. The van der Waals surface area contributed by atoms with Crippen LogP contribution >= 0.6 is 11.6 Å². The highest BCUT2D eigenvalue weighted by Gasteiger charge is 2.16. The smallest absolute Gasteiger partial charge is 0.356 e. The minimum Gasteiger partial charge on any atom is -0.476 e. The van der Waals surface area contributed by atoms with Crippen molar-refractivity contribution < 1.29 is 9.90 Å². The van der Waals surface area contributed by atoms with Crippen molar-refractivity contribution in [2.24, 2.45) is 5.73 Å². The molecule has 0 fully saturated rings. The molecule has 5 N–H and O–H groups in total. The Bertz CT molecular complexity index is 644. The van der Waals surface area contributed by atoms with Crippen LogP contribution in [-0.4, -0.2) is 16.1 Å². The van der Waals surface area contributed by atoms with Gasteiger partial charge in [-0.3, -0.25) is 0 Å². The molecule has 1 heterocycles. The Hall–Kier alpha value is -2.11. The summed E-state index contributed by atoms with van der Waals surface area (Å²) in [7, 11) is 0. The maximum atomic E-state index is 11.1. The topological polar surface area (TPSA) is 102 Å². The van der Waals surface area contributed by atoms with Gasteiger partial charge in [0.2, 0.25) is 0 Å². The van der Waals surface area contributed by atoms with E-state index in [9.17, 15) is 4.79 Å². The molecule has 0 aliphatic heterocycles. The molecule has 19 heavy (non-hydrogen) atoms. The molecule has 0 spiro atoms. The van der Waals surface area contributed by atoms with Gasteiger partial charge in [0.15, 0.2) is 5.69 Å². The molecule has 6 heteroatoms. The Labute approximate surface area is 114 Å². The maximum absolute atomic E-state index is 11.1. The summed E-state index contributed by atoms with van der Waals surface area (Å²) in [6, 6.07) is 8.89. The second kappa shape index (κ2) is 5.26. The van der Waals surface area contributed by atoms with Crippen molar-refractivity contribution in [3.63, 3.8) is 0 Å². The lowest BCUT2D eigenvalue weighted by molar-refractivity contribution is 0.0692. The van der Waals surface area contributed by atoms with E-state index in [1.807, 2.05) is 24.3 Å². The summed E-state index contributed by atoms with van der Waals surface area (Å²) in [5.74, 6) is -1.21. The molecular weight excluding hydrogens is 266 g/mol. The summed E-state index contributed by atoms with van der Waals surface area (Å²) in [6.07, 6.45) is 0. The number of benzene rings is 1. The van der Waals surface area contributed by atoms with E-state index in [1.165, 1.54) is 0 Å². The normalized spacial score (nSPS) is 10.4. The van der Waals surface area contributed by atoms with E-state index in [2.05, 4.69) is 4.98 Å². The quantitative estimate of drug-likeness (QED) is 0.746. The molecule has 0 aliphatic rings. The molecule has 98 valence electrons. The van der Waals surface area contributed by atoms with Crippen LogP contribution in [0.2, 0.25) is 5.15 Å². The van der Waals surface area contributed by atoms with Crippen molar-refractivity contribution in [2.45, 2.75) is 6.54 Å². The lowest BCUT2D eigenvalue weighted by Crippen LogP contribution is -2.07. The third-order valence-electron chi connectivity index (χ3n) is 2.70. The van der Waals surface area contributed by atoms with Crippen molar-refractivity contribution in [2.75, 3.05) is 5.73 Å². The SMILES string of the molecule is NCc1cccc(-c2cc(Cl)nc(C(=O)O)c2N)c1. The van der Waals surface area contributed by atoms with Crippen molar-refractivity contribution >= 4 is 23.3 Å². The largest absolute Gasteiger partial charge is 0.476 e. The summed E-state index contributed by atoms with van der Waals surface area (Å²) in [4.78, 5) is 14.8. The summed E-state index contributed by atoms with van der Waals surface area (Å²) >= 11 is 5.83. The number of hydrogen-bond acceptors (Lipinski definition) is 4. The molecule has 2 rings (SSSR count). The number of carbonyl (C=O) groups is 1. The molecule has 0 unspecified atom stereocenters. The number of carboxylic acid groups (broad SMARTS) is 1. The van der Waals surface area contributed by atoms with Crippen LogP contribution in [0.15, 0.2) is 30.3 Å². The molecule has 0 amide bonds. The molecule has 0 bridgehead atoms. The standard InChI is InChI=1S/C13H12ClN3O2/c14-10-5-9(11(16)12(17-10)13(18)19)8-3-1-2-7(4-8)6-15/h1-5H,6,15-16H2,(H,18,19). The predicted molar refractivity (Wildman–Crippen MR) is 73.9 cm³/mol. The first kappa shape index (κ1) is 13.3. The van der Waals surface area contributed by atoms with Gasteiger partial charge in [0, 0.05) is 12.1 Å². The molecule has 0 saturated carbocycles. The van der Waals surface area contributed by atoms with Crippen LogP contribution in [0.25, 0.3) is 11.1 Å². The zero-order valence-electron chi connectivity index (χ0n) is 9.93. The number of anilines is 1. The van der Waals surface area contributed by atoms with Gasteiger partial charge < -0.3 is 16.6 Å². The van der Waals surface area contributed by atoms with Crippen LogP contribution < -0.4 is 11.5 Å². The Morgan fingerprint density at radius 1 is 1.37 bits per heavy atom. The zero-order chi connectivity index (χ0) is 14.0. The Morgan fingerprint density at radius 2 is 2.11 bits per heavy atom. The first-order valence-corrected chi connectivity index (χ1v) is 5.89. The number of halogens is 1. The van der Waals surface area contributed by atoms with E-state index >= 15 is 0 Å². The van der Waals surface area contributed by atoms with E-state index in [0.29, 0.717) is 12.1 Å². The van der Waals surface area contributed by atoms with Gasteiger partial charge in [0.05, 0.1) is 5.69 Å². The van der Waals surface area contributed by atoms with Crippen LogP contribution in [0.1, 0.15) is 16.1 Å². The average Bonchev–Trinajstić information content (AvgIpc) is 2.40. The van der Waals surface area contributed by atoms with E-state index in [0.717, 1.165) is 11.1 Å².